The van der Waals surface area contributed by atoms with Crippen molar-refractivity contribution < 1.29 is 24.5 Å². The van der Waals surface area contributed by atoms with E-state index in [0.717, 1.165) is 51.4 Å². The first-order valence-electron chi connectivity index (χ1n) is 36.6. The van der Waals surface area contributed by atoms with Crippen LogP contribution in [0.3, 0.4) is 0 Å². The fraction of sp³-hybridized carbons (Fsp3) is 0.919. The van der Waals surface area contributed by atoms with Crippen molar-refractivity contribution in [3.8, 4) is 0 Å². The minimum Gasteiger partial charge on any atom is -0.466 e. The predicted molar refractivity (Wildman–Crippen MR) is 352 cm³/mol. The van der Waals surface area contributed by atoms with Gasteiger partial charge in [0.05, 0.1) is 25.4 Å². The highest BCUT2D eigenvalue weighted by molar-refractivity contribution is 5.76. The van der Waals surface area contributed by atoms with E-state index >= 15 is 0 Å². The summed E-state index contributed by atoms with van der Waals surface area (Å²) in [6, 6.07) is -0.534. The Labute approximate surface area is 501 Å². The predicted octanol–water partition coefficient (Wildman–Crippen LogP) is 23.7. The summed E-state index contributed by atoms with van der Waals surface area (Å²) in [5.74, 6) is -0.0189. The first kappa shape index (κ1) is 78.3. The van der Waals surface area contributed by atoms with Gasteiger partial charge in [0.15, 0.2) is 0 Å². The topological polar surface area (TPSA) is 95.9 Å². The molecule has 0 bridgehead atoms. The van der Waals surface area contributed by atoms with Crippen molar-refractivity contribution in [2.45, 2.75) is 424 Å². The van der Waals surface area contributed by atoms with E-state index in [2.05, 4.69) is 43.5 Å². The van der Waals surface area contributed by atoms with E-state index < -0.39 is 12.1 Å². The largest absolute Gasteiger partial charge is 0.466 e. The Kier molecular flexibility index (Phi) is 68.4. The number of amides is 1. The summed E-state index contributed by atoms with van der Waals surface area (Å²) in [6.07, 6.45) is 88.5. The van der Waals surface area contributed by atoms with E-state index in [1.165, 1.54) is 327 Å². The molecule has 0 saturated carbocycles. The van der Waals surface area contributed by atoms with Crippen molar-refractivity contribution in [1.82, 2.24) is 5.32 Å². The van der Waals surface area contributed by atoms with Crippen LogP contribution in [0.2, 0.25) is 0 Å². The lowest BCUT2D eigenvalue weighted by molar-refractivity contribution is -0.143. The van der Waals surface area contributed by atoms with Gasteiger partial charge in [-0.2, -0.15) is 0 Å². The third-order valence-electron chi connectivity index (χ3n) is 17.3. The summed E-state index contributed by atoms with van der Waals surface area (Å²) in [4.78, 5) is 24.5. The molecule has 0 heterocycles. The van der Waals surface area contributed by atoms with Crippen LogP contribution in [0.15, 0.2) is 24.3 Å². The lowest BCUT2D eigenvalue weighted by atomic mass is 10.0. The Morgan fingerprint density at radius 1 is 0.350 bits per heavy atom. The molecule has 0 rings (SSSR count). The Bertz CT molecular complexity index is 1250. The molecule has 0 aromatic rings. The van der Waals surface area contributed by atoms with Gasteiger partial charge in [-0.15, -0.1) is 0 Å². The summed E-state index contributed by atoms with van der Waals surface area (Å²) in [5.41, 5.74) is 0. The summed E-state index contributed by atoms with van der Waals surface area (Å²) in [6.45, 7) is 4.93. The maximum absolute atomic E-state index is 12.4. The lowest BCUT2D eigenvalue weighted by Gasteiger charge is -2.22. The van der Waals surface area contributed by atoms with Crippen molar-refractivity contribution in [3.05, 3.63) is 24.3 Å². The van der Waals surface area contributed by atoms with Gasteiger partial charge in [-0.1, -0.05) is 366 Å². The third-order valence-corrected chi connectivity index (χ3v) is 17.3. The Morgan fingerprint density at radius 3 is 0.975 bits per heavy atom. The number of nitrogens with one attached hydrogen (secondary N) is 1. The van der Waals surface area contributed by atoms with Crippen molar-refractivity contribution in [2.24, 2.45) is 0 Å². The van der Waals surface area contributed by atoms with Crippen LogP contribution >= 0.6 is 0 Å². The molecule has 0 aromatic carbocycles. The van der Waals surface area contributed by atoms with E-state index in [9.17, 15) is 19.8 Å². The van der Waals surface area contributed by atoms with Crippen molar-refractivity contribution in [1.29, 1.82) is 0 Å². The number of ether oxygens (including phenoxy) is 1. The van der Waals surface area contributed by atoms with Crippen LogP contribution in [0.5, 0.6) is 0 Å². The molecule has 0 radical (unpaired) electrons. The quantitative estimate of drug-likeness (QED) is 0.0320. The molecule has 0 aliphatic rings. The fourth-order valence-electron chi connectivity index (χ4n) is 11.7. The standard InChI is InChI=1S/C74H143NO5/c1-3-5-7-9-11-13-14-15-41-45-48-52-56-60-64-68-74(79)80-69-65-61-57-53-49-46-43-40-38-36-34-32-30-28-26-24-22-20-18-16-17-19-21-23-25-27-29-31-33-35-37-39-42-44-47-51-55-59-63-67-73(78)75-71(70-76)72(77)66-62-58-54-50-12-10-8-6-4-2/h11,13,15,41,71-72,76-77H,3-10,12,14,16-40,42-70H2,1-2H3,(H,75,78)/b13-11-,41-15-. The molecule has 2 atom stereocenters. The van der Waals surface area contributed by atoms with Crippen LogP contribution in [0.25, 0.3) is 0 Å². The van der Waals surface area contributed by atoms with Gasteiger partial charge in [0.25, 0.3) is 0 Å². The number of carbonyl (C=O) groups excluding carboxylic acids is 2. The number of hydrogen-bond acceptors (Lipinski definition) is 5. The molecule has 1 amide bonds. The number of aliphatic hydroxyl groups is 2. The van der Waals surface area contributed by atoms with Crippen molar-refractivity contribution in [2.75, 3.05) is 13.2 Å². The minimum absolute atomic E-state index is 0.0104. The molecule has 0 aromatic heterocycles. The van der Waals surface area contributed by atoms with Gasteiger partial charge in [0.1, 0.15) is 0 Å². The number of rotatable bonds is 69. The molecule has 6 heteroatoms. The molecule has 6 nitrogen and oxygen atoms in total. The highest BCUT2D eigenvalue weighted by Crippen LogP contribution is 2.19. The zero-order chi connectivity index (χ0) is 57.8. The SMILES string of the molecule is CCCCC/C=C\C/C=C\CCCCCCCC(=O)OCCCCCCCCCCCCCCCCCCCCCCCCCCCCCCCCCCCCCCCCCC(=O)NC(CO)C(O)CCCCCCCCCCC. The number of hydrogen-bond donors (Lipinski definition) is 3. The summed E-state index contributed by atoms with van der Waals surface area (Å²) < 4.78 is 5.49. The van der Waals surface area contributed by atoms with Crippen LogP contribution in [-0.4, -0.2) is 47.4 Å². The maximum atomic E-state index is 12.4. The fourth-order valence-corrected chi connectivity index (χ4v) is 11.7. The van der Waals surface area contributed by atoms with Crippen LogP contribution in [0, 0.1) is 0 Å². The molecule has 0 aliphatic heterocycles. The van der Waals surface area contributed by atoms with Gasteiger partial charge in [-0.05, 0) is 57.8 Å². The number of unbranched alkanes of at least 4 members (excludes halogenated alkanes) is 54. The van der Waals surface area contributed by atoms with E-state index in [-0.39, 0.29) is 18.5 Å². The van der Waals surface area contributed by atoms with Gasteiger partial charge in [0, 0.05) is 12.8 Å². The Balaban J connectivity index is 3.26. The van der Waals surface area contributed by atoms with Gasteiger partial charge >= 0.3 is 5.97 Å². The number of allylic oxidation sites excluding steroid dienone is 4. The average molecular weight is 1130 g/mol. The second-order valence-electron chi connectivity index (χ2n) is 25.3. The monoisotopic (exact) mass is 1130 g/mol. The van der Waals surface area contributed by atoms with Crippen molar-refractivity contribution >= 4 is 11.9 Å². The zero-order valence-electron chi connectivity index (χ0n) is 54.3. The Hall–Kier alpha value is -1.66. The molecular formula is C74H143NO5. The molecule has 0 spiro atoms. The smallest absolute Gasteiger partial charge is 0.305 e. The lowest BCUT2D eigenvalue weighted by Crippen LogP contribution is -2.45. The van der Waals surface area contributed by atoms with Crippen LogP contribution in [0.1, 0.15) is 412 Å². The van der Waals surface area contributed by atoms with E-state index in [4.69, 9.17) is 4.74 Å². The molecule has 3 N–H and O–H groups in total. The van der Waals surface area contributed by atoms with E-state index in [1.54, 1.807) is 0 Å². The molecular weight excluding hydrogens is 983 g/mol. The first-order valence-corrected chi connectivity index (χ1v) is 36.6. The maximum Gasteiger partial charge on any atom is 0.305 e. The van der Waals surface area contributed by atoms with Crippen LogP contribution in [0.4, 0.5) is 0 Å². The number of carbonyl (C=O) groups is 2. The van der Waals surface area contributed by atoms with Gasteiger partial charge in [-0.3, -0.25) is 9.59 Å². The highest BCUT2D eigenvalue weighted by Gasteiger charge is 2.20. The minimum atomic E-state index is -0.657. The van der Waals surface area contributed by atoms with Gasteiger partial charge < -0.3 is 20.3 Å². The average Bonchev–Trinajstić information content (AvgIpc) is 3.46. The van der Waals surface area contributed by atoms with E-state index in [0.29, 0.717) is 25.9 Å². The van der Waals surface area contributed by atoms with E-state index in [1.807, 2.05) is 0 Å². The number of aliphatic hydroxyl groups excluding tert-OH is 2. The van der Waals surface area contributed by atoms with Gasteiger partial charge in [0.2, 0.25) is 5.91 Å². The van der Waals surface area contributed by atoms with Crippen LogP contribution in [-0.2, 0) is 14.3 Å². The molecule has 0 saturated heterocycles. The highest BCUT2D eigenvalue weighted by atomic mass is 16.5. The second-order valence-corrected chi connectivity index (χ2v) is 25.3. The first-order chi connectivity index (χ1) is 39.5. The Morgan fingerprint density at radius 2 is 0.625 bits per heavy atom. The third kappa shape index (κ3) is 65.5. The van der Waals surface area contributed by atoms with Gasteiger partial charge in [-0.25, -0.2) is 0 Å². The van der Waals surface area contributed by atoms with Crippen LogP contribution < -0.4 is 5.32 Å². The number of esters is 1. The summed E-state index contributed by atoms with van der Waals surface area (Å²) in [7, 11) is 0. The van der Waals surface area contributed by atoms with Crippen molar-refractivity contribution in [3.63, 3.8) is 0 Å². The molecule has 80 heavy (non-hydrogen) atoms. The molecule has 474 valence electrons. The molecule has 0 fully saturated rings. The second kappa shape index (κ2) is 69.8. The molecule has 2 unspecified atom stereocenters. The molecule has 0 aliphatic carbocycles. The normalized spacial score (nSPS) is 12.6. The summed E-state index contributed by atoms with van der Waals surface area (Å²) >= 11 is 0. The zero-order valence-corrected chi connectivity index (χ0v) is 54.3. The summed E-state index contributed by atoms with van der Waals surface area (Å²) in [5, 5.41) is 23.2.